The Balaban J connectivity index is 1.76. The predicted octanol–water partition coefficient (Wildman–Crippen LogP) is 1.74. The standard InChI is InChI=1S/C13H17NO2/c1-10-3-5-12(6-4-10)7-14-8-13(14)9-16-11(2)15/h3-6,13H,7-9H2,1-2H3. The smallest absolute Gasteiger partial charge is 0.302 e. The Morgan fingerprint density at radius 2 is 2.12 bits per heavy atom. The third-order valence-corrected chi connectivity index (χ3v) is 2.81. The highest BCUT2D eigenvalue weighted by Gasteiger charge is 2.34. The summed E-state index contributed by atoms with van der Waals surface area (Å²) in [4.78, 5) is 12.9. The summed E-state index contributed by atoms with van der Waals surface area (Å²) in [6.45, 7) is 6.05. The molecule has 1 aromatic rings. The molecule has 0 N–H and O–H groups in total. The summed E-state index contributed by atoms with van der Waals surface area (Å²) in [6, 6.07) is 8.97. The number of ether oxygens (including phenoxy) is 1. The van der Waals surface area contributed by atoms with Crippen LogP contribution in [0.3, 0.4) is 0 Å². The van der Waals surface area contributed by atoms with E-state index in [4.69, 9.17) is 4.74 Å². The normalized spacial score (nSPS) is 22.9. The molecule has 1 fully saturated rings. The Kier molecular flexibility index (Phi) is 3.25. The minimum atomic E-state index is -0.192. The van der Waals surface area contributed by atoms with Crippen molar-refractivity contribution in [2.24, 2.45) is 0 Å². The van der Waals surface area contributed by atoms with E-state index in [0.29, 0.717) is 12.6 Å². The number of aryl methyl sites for hydroxylation is 1. The maximum atomic E-state index is 10.6. The number of benzene rings is 1. The quantitative estimate of drug-likeness (QED) is 0.570. The van der Waals surface area contributed by atoms with Gasteiger partial charge in [0.25, 0.3) is 0 Å². The van der Waals surface area contributed by atoms with E-state index in [1.165, 1.54) is 18.1 Å². The molecule has 3 heteroatoms. The lowest BCUT2D eigenvalue weighted by Crippen LogP contribution is -2.11. The van der Waals surface area contributed by atoms with E-state index >= 15 is 0 Å². The Hall–Kier alpha value is -1.35. The van der Waals surface area contributed by atoms with Gasteiger partial charge in [-0.15, -0.1) is 0 Å². The van der Waals surface area contributed by atoms with E-state index in [1.54, 1.807) is 0 Å². The first-order chi connectivity index (χ1) is 7.65. The molecule has 0 radical (unpaired) electrons. The zero-order valence-electron chi connectivity index (χ0n) is 9.77. The van der Waals surface area contributed by atoms with Crippen LogP contribution in [-0.4, -0.2) is 30.1 Å². The van der Waals surface area contributed by atoms with Gasteiger partial charge in [-0.2, -0.15) is 0 Å². The summed E-state index contributed by atoms with van der Waals surface area (Å²) < 4.78 is 4.97. The molecule has 2 unspecified atom stereocenters. The molecule has 0 aromatic heterocycles. The molecule has 0 amide bonds. The van der Waals surface area contributed by atoms with Crippen molar-refractivity contribution < 1.29 is 9.53 Å². The van der Waals surface area contributed by atoms with E-state index < -0.39 is 0 Å². The molecule has 2 atom stereocenters. The lowest BCUT2D eigenvalue weighted by atomic mass is 10.1. The number of esters is 1. The molecule has 0 bridgehead atoms. The van der Waals surface area contributed by atoms with Crippen LogP contribution in [-0.2, 0) is 16.1 Å². The van der Waals surface area contributed by atoms with Crippen molar-refractivity contribution in [3.05, 3.63) is 35.4 Å². The zero-order valence-corrected chi connectivity index (χ0v) is 9.77. The lowest BCUT2D eigenvalue weighted by molar-refractivity contribution is -0.141. The molecule has 1 heterocycles. The summed E-state index contributed by atoms with van der Waals surface area (Å²) in [7, 11) is 0. The first kappa shape index (κ1) is 11.1. The molecule has 0 aliphatic carbocycles. The average Bonchev–Trinajstić information content (AvgIpc) is 2.97. The van der Waals surface area contributed by atoms with Crippen molar-refractivity contribution in [3.63, 3.8) is 0 Å². The first-order valence-electron chi connectivity index (χ1n) is 5.58. The first-order valence-corrected chi connectivity index (χ1v) is 5.58. The number of nitrogens with zero attached hydrogens (tertiary/aromatic N) is 1. The van der Waals surface area contributed by atoms with Gasteiger partial charge in [0, 0.05) is 20.0 Å². The molecule has 1 aliphatic heterocycles. The Bertz CT molecular complexity index is 372. The molecule has 1 aromatic carbocycles. The predicted molar refractivity (Wildman–Crippen MR) is 62.0 cm³/mol. The number of carbonyl (C=O) groups excluding carboxylic acids is 1. The third kappa shape index (κ3) is 3.07. The second-order valence-electron chi connectivity index (χ2n) is 4.37. The van der Waals surface area contributed by atoms with Crippen molar-refractivity contribution >= 4 is 5.97 Å². The lowest BCUT2D eigenvalue weighted by Gasteiger charge is -2.04. The van der Waals surface area contributed by atoms with Crippen LogP contribution in [0.15, 0.2) is 24.3 Å². The summed E-state index contributed by atoms with van der Waals surface area (Å²) in [5, 5.41) is 0. The summed E-state index contributed by atoms with van der Waals surface area (Å²) in [5.41, 5.74) is 2.60. The van der Waals surface area contributed by atoms with Gasteiger partial charge in [0.2, 0.25) is 0 Å². The fourth-order valence-corrected chi connectivity index (χ4v) is 1.72. The minimum absolute atomic E-state index is 0.192. The second-order valence-corrected chi connectivity index (χ2v) is 4.37. The van der Waals surface area contributed by atoms with Gasteiger partial charge in [-0.25, -0.2) is 0 Å². The molecule has 3 nitrogen and oxygen atoms in total. The van der Waals surface area contributed by atoms with E-state index in [1.807, 2.05) is 0 Å². The maximum Gasteiger partial charge on any atom is 0.302 e. The number of hydrogen-bond donors (Lipinski definition) is 0. The minimum Gasteiger partial charge on any atom is -0.464 e. The monoisotopic (exact) mass is 219 g/mol. The largest absolute Gasteiger partial charge is 0.464 e. The summed E-state index contributed by atoms with van der Waals surface area (Å²) in [6.07, 6.45) is 0. The van der Waals surface area contributed by atoms with Crippen LogP contribution in [0.1, 0.15) is 18.1 Å². The second kappa shape index (κ2) is 4.66. The molecule has 86 valence electrons. The number of rotatable bonds is 4. The van der Waals surface area contributed by atoms with E-state index in [9.17, 15) is 4.79 Å². The number of hydrogen-bond acceptors (Lipinski definition) is 3. The Morgan fingerprint density at radius 3 is 2.75 bits per heavy atom. The highest BCUT2D eigenvalue weighted by Crippen LogP contribution is 2.21. The van der Waals surface area contributed by atoms with Gasteiger partial charge in [0.05, 0.1) is 6.04 Å². The molecule has 2 rings (SSSR count). The van der Waals surface area contributed by atoms with Crippen LogP contribution >= 0.6 is 0 Å². The van der Waals surface area contributed by atoms with Gasteiger partial charge in [-0.05, 0) is 12.5 Å². The van der Waals surface area contributed by atoms with Crippen LogP contribution in [0.5, 0.6) is 0 Å². The van der Waals surface area contributed by atoms with Crippen LogP contribution in [0.2, 0.25) is 0 Å². The molecule has 0 saturated carbocycles. The topological polar surface area (TPSA) is 29.3 Å². The fraction of sp³-hybridized carbons (Fsp3) is 0.462. The third-order valence-electron chi connectivity index (χ3n) is 2.81. The van der Waals surface area contributed by atoms with Gasteiger partial charge in [0.1, 0.15) is 6.61 Å². The van der Waals surface area contributed by atoms with Crippen molar-refractivity contribution in [1.29, 1.82) is 0 Å². The van der Waals surface area contributed by atoms with E-state index in [-0.39, 0.29) is 5.97 Å². The molecule has 1 aliphatic rings. The summed E-state index contributed by atoms with van der Waals surface area (Å²) in [5.74, 6) is -0.192. The molecule has 1 saturated heterocycles. The molecule has 16 heavy (non-hydrogen) atoms. The van der Waals surface area contributed by atoms with Gasteiger partial charge < -0.3 is 4.74 Å². The van der Waals surface area contributed by atoms with Gasteiger partial charge >= 0.3 is 5.97 Å². The summed E-state index contributed by atoms with van der Waals surface area (Å²) >= 11 is 0. The Labute approximate surface area is 96.0 Å². The Morgan fingerprint density at radius 1 is 1.44 bits per heavy atom. The molecular formula is C13H17NO2. The highest BCUT2D eigenvalue weighted by molar-refractivity contribution is 5.65. The highest BCUT2D eigenvalue weighted by atomic mass is 16.5. The van der Waals surface area contributed by atoms with Crippen molar-refractivity contribution in [3.8, 4) is 0 Å². The number of carbonyl (C=O) groups is 1. The van der Waals surface area contributed by atoms with Crippen molar-refractivity contribution in [1.82, 2.24) is 4.90 Å². The van der Waals surface area contributed by atoms with E-state index in [0.717, 1.165) is 13.1 Å². The van der Waals surface area contributed by atoms with Gasteiger partial charge in [0.15, 0.2) is 0 Å². The van der Waals surface area contributed by atoms with Crippen LogP contribution in [0, 0.1) is 6.92 Å². The van der Waals surface area contributed by atoms with Crippen molar-refractivity contribution in [2.45, 2.75) is 26.4 Å². The van der Waals surface area contributed by atoms with Crippen LogP contribution in [0.4, 0.5) is 0 Å². The average molecular weight is 219 g/mol. The van der Waals surface area contributed by atoms with Crippen LogP contribution in [0.25, 0.3) is 0 Å². The zero-order chi connectivity index (χ0) is 11.5. The SMILES string of the molecule is CC(=O)OCC1CN1Cc1ccc(C)cc1. The van der Waals surface area contributed by atoms with E-state index in [2.05, 4.69) is 36.1 Å². The molecule has 0 spiro atoms. The van der Waals surface area contributed by atoms with Crippen molar-refractivity contribution in [2.75, 3.05) is 13.2 Å². The maximum absolute atomic E-state index is 10.6. The molecular weight excluding hydrogens is 202 g/mol. The fourth-order valence-electron chi connectivity index (χ4n) is 1.72. The van der Waals surface area contributed by atoms with Gasteiger partial charge in [-0.1, -0.05) is 29.8 Å². The van der Waals surface area contributed by atoms with Gasteiger partial charge in [-0.3, -0.25) is 9.69 Å². The van der Waals surface area contributed by atoms with Crippen LogP contribution < -0.4 is 0 Å².